The van der Waals surface area contributed by atoms with Crippen LogP contribution in [0.2, 0.25) is 0 Å². The van der Waals surface area contributed by atoms with E-state index >= 15 is 0 Å². The fourth-order valence-electron chi connectivity index (χ4n) is 1.59. The van der Waals surface area contributed by atoms with Crippen LogP contribution in [0.3, 0.4) is 0 Å². The molecule has 0 bridgehead atoms. The Morgan fingerprint density at radius 3 is 2.76 bits per heavy atom. The van der Waals surface area contributed by atoms with E-state index in [9.17, 15) is 14.4 Å². The van der Waals surface area contributed by atoms with Gasteiger partial charge in [-0.3, -0.25) is 15.0 Å². The third-order valence-electron chi connectivity index (χ3n) is 2.95. The standard InChI is InChI=1S/C10H14N6O3S2/c1-3-10(2)6(18)16(8(19)12-10)15-5(17)4-20-9-14-13-7(11)21-9/h3-4H2,1-2H3,(H2,11,13)(H,12,19)(H,15,17)/t10-/m0/s1. The average Bonchev–Trinajstić information content (AvgIpc) is 2.94. The molecule has 1 atom stereocenters. The lowest BCUT2D eigenvalue weighted by molar-refractivity contribution is -0.137. The lowest BCUT2D eigenvalue weighted by Crippen LogP contribution is -2.49. The van der Waals surface area contributed by atoms with Crippen molar-refractivity contribution in [1.82, 2.24) is 25.9 Å². The number of carbonyl (C=O) groups excluding carboxylic acids is 3. The molecule has 0 spiro atoms. The first-order valence-electron chi connectivity index (χ1n) is 6.03. The lowest BCUT2D eigenvalue weighted by Gasteiger charge is -2.19. The van der Waals surface area contributed by atoms with Crippen molar-refractivity contribution >= 4 is 46.1 Å². The fraction of sp³-hybridized carbons (Fsp3) is 0.500. The Morgan fingerprint density at radius 1 is 1.52 bits per heavy atom. The number of amides is 4. The molecular formula is C10H14N6O3S2. The van der Waals surface area contributed by atoms with E-state index in [4.69, 9.17) is 5.73 Å². The largest absolute Gasteiger partial charge is 0.374 e. The molecule has 2 rings (SSSR count). The number of anilines is 1. The van der Waals surface area contributed by atoms with Crippen LogP contribution in [0.5, 0.6) is 0 Å². The summed E-state index contributed by atoms with van der Waals surface area (Å²) in [6.07, 6.45) is 0.433. The third-order valence-corrected chi connectivity index (χ3v) is 4.84. The molecule has 0 unspecified atom stereocenters. The van der Waals surface area contributed by atoms with E-state index in [0.29, 0.717) is 20.9 Å². The number of hydrazine groups is 1. The Hall–Kier alpha value is -1.88. The number of thioether (sulfide) groups is 1. The first-order chi connectivity index (χ1) is 9.85. The molecule has 2 heterocycles. The van der Waals surface area contributed by atoms with Crippen molar-refractivity contribution in [3.05, 3.63) is 0 Å². The van der Waals surface area contributed by atoms with Gasteiger partial charge in [-0.05, 0) is 13.3 Å². The van der Waals surface area contributed by atoms with E-state index in [1.165, 1.54) is 0 Å². The van der Waals surface area contributed by atoms with E-state index < -0.39 is 23.4 Å². The highest BCUT2D eigenvalue weighted by atomic mass is 32.2. The highest BCUT2D eigenvalue weighted by Gasteiger charge is 2.47. The summed E-state index contributed by atoms with van der Waals surface area (Å²) >= 11 is 2.28. The number of rotatable bonds is 5. The molecular weight excluding hydrogens is 316 g/mol. The lowest BCUT2D eigenvalue weighted by atomic mass is 10.00. The molecule has 1 aromatic rings. The maximum atomic E-state index is 12.1. The molecule has 21 heavy (non-hydrogen) atoms. The van der Waals surface area contributed by atoms with Gasteiger partial charge in [0.1, 0.15) is 5.54 Å². The minimum atomic E-state index is -0.981. The fourth-order valence-corrected chi connectivity index (χ4v) is 3.02. The highest BCUT2D eigenvalue weighted by Crippen LogP contribution is 2.23. The normalized spacial score (nSPS) is 21.5. The predicted molar refractivity (Wildman–Crippen MR) is 77.3 cm³/mol. The molecule has 114 valence electrons. The van der Waals surface area contributed by atoms with Crippen molar-refractivity contribution in [3.8, 4) is 0 Å². The zero-order valence-electron chi connectivity index (χ0n) is 11.4. The molecule has 1 aliphatic rings. The van der Waals surface area contributed by atoms with Crippen LogP contribution in [0, 0.1) is 0 Å². The van der Waals surface area contributed by atoms with Gasteiger partial charge in [-0.15, -0.1) is 10.2 Å². The van der Waals surface area contributed by atoms with Gasteiger partial charge in [-0.25, -0.2) is 4.79 Å². The van der Waals surface area contributed by atoms with Crippen LogP contribution < -0.4 is 16.5 Å². The van der Waals surface area contributed by atoms with Crippen LogP contribution in [0.1, 0.15) is 20.3 Å². The summed E-state index contributed by atoms with van der Waals surface area (Å²) in [6.45, 7) is 3.39. The van der Waals surface area contributed by atoms with Gasteiger partial charge >= 0.3 is 6.03 Å². The van der Waals surface area contributed by atoms with Crippen LogP contribution in [-0.4, -0.2) is 44.3 Å². The average molecular weight is 330 g/mol. The van der Waals surface area contributed by atoms with Gasteiger partial charge in [-0.2, -0.15) is 5.01 Å². The molecule has 4 amide bonds. The second-order valence-corrected chi connectivity index (χ2v) is 6.72. The minimum Gasteiger partial charge on any atom is -0.374 e. The Morgan fingerprint density at radius 2 is 2.24 bits per heavy atom. The van der Waals surface area contributed by atoms with Crippen LogP contribution in [-0.2, 0) is 9.59 Å². The van der Waals surface area contributed by atoms with Gasteiger partial charge in [0.15, 0.2) is 4.34 Å². The van der Waals surface area contributed by atoms with Crippen molar-refractivity contribution in [2.75, 3.05) is 11.5 Å². The summed E-state index contributed by atoms with van der Waals surface area (Å²) in [5.41, 5.74) is 6.72. The molecule has 11 heteroatoms. The number of carbonyl (C=O) groups is 3. The van der Waals surface area contributed by atoms with Crippen molar-refractivity contribution in [2.45, 2.75) is 30.1 Å². The minimum absolute atomic E-state index is 0.00542. The van der Waals surface area contributed by atoms with E-state index in [0.717, 1.165) is 23.1 Å². The second-order valence-electron chi connectivity index (χ2n) is 4.49. The van der Waals surface area contributed by atoms with Gasteiger partial charge in [-0.1, -0.05) is 30.0 Å². The van der Waals surface area contributed by atoms with Gasteiger partial charge in [0.05, 0.1) is 5.75 Å². The van der Waals surface area contributed by atoms with E-state index in [-0.39, 0.29) is 5.75 Å². The molecule has 1 aromatic heterocycles. The summed E-state index contributed by atoms with van der Waals surface area (Å²) in [5, 5.41) is 10.9. The van der Waals surface area contributed by atoms with Crippen LogP contribution in [0.25, 0.3) is 0 Å². The number of hydrogen-bond donors (Lipinski definition) is 3. The Bertz CT molecular complexity index is 591. The van der Waals surface area contributed by atoms with Crippen LogP contribution >= 0.6 is 23.1 Å². The monoisotopic (exact) mass is 330 g/mol. The van der Waals surface area contributed by atoms with Gasteiger partial charge in [0.25, 0.3) is 5.91 Å². The smallest absolute Gasteiger partial charge is 0.344 e. The van der Waals surface area contributed by atoms with Crippen molar-refractivity contribution in [2.24, 2.45) is 0 Å². The van der Waals surface area contributed by atoms with Crippen molar-refractivity contribution in [3.63, 3.8) is 0 Å². The second kappa shape index (κ2) is 5.85. The number of nitrogens with two attached hydrogens (primary N) is 1. The first-order valence-corrected chi connectivity index (χ1v) is 7.84. The van der Waals surface area contributed by atoms with Crippen LogP contribution in [0.15, 0.2) is 4.34 Å². The zero-order valence-corrected chi connectivity index (χ0v) is 13.0. The Kier molecular flexibility index (Phi) is 4.32. The molecule has 1 aliphatic heterocycles. The van der Waals surface area contributed by atoms with Crippen molar-refractivity contribution in [1.29, 1.82) is 0 Å². The number of aromatic nitrogens is 2. The van der Waals surface area contributed by atoms with Crippen LogP contribution in [0.4, 0.5) is 9.93 Å². The molecule has 0 aliphatic carbocycles. The first kappa shape index (κ1) is 15.5. The molecule has 0 saturated carbocycles. The molecule has 1 fully saturated rings. The SMILES string of the molecule is CC[C@]1(C)NC(=O)N(NC(=O)CSc2nnc(N)s2)C1=O. The molecule has 0 radical (unpaired) electrons. The van der Waals surface area contributed by atoms with Gasteiger partial charge < -0.3 is 11.1 Å². The number of imide groups is 1. The summed E-state index contributed by atoms with van der Waals surface area (Å²) in [7, 11) is 0. The van der Waals surface area contributed by atoms with E-state index in [1.807, 2.05) is 0 Å². The molecule has 4 N–H and O–H groups in total. The topological polar surface area (TPSA) is 130 Å². The Labute approximate surface area is 128 Å². The zero-order chi connectivity index (χ0) is 15.6. The van der Waals surface area contributed by atoms with E-state index in [1.54, 1.807) is 13.8 Å². The van der Waals surface area contributed by atoms with Gasteiger partial charge in [0.2, 0.25) is 11.0 Å². The summed E-state index contributed by atoms with van der Waals surface area (Å²) in [5.74, 6) is -0.972. The summed E-state index contributed by atoms with van der Waals surface area (Å²) in [4.78, 5) is 35.6. The summed E-state index contributed by atoms with van der Waals surface area (Å²) < 4.78 is 0.540. The highest BCUT2D eigenvalue weighted by molar-refractivity contribution is 8.01. The van der Waals surface area contributed by atoms with Gasteiger partial charge in [0, 0.05) is 0 Å². The number of nitrogen functional groups attached to an aromatic ring is 1. The van der Waals surface area contributed by atoms with Crippen molar-refractivity contribution < 1.29 is 14.4 Å². The number of hydrogen-bond acceptors (Lipinski definition) is 8. The number of urea groups is 1. The number of nitrogens with one attached hydrogen (secondary N) is 2. The predicted octanol–water partition coefficient (Wildman–Crippen LogP) is -0.0359. The summed E-state index contributed by atoms with van der Waals surface area (Å²) in [6, 6.07) is -0.636. The van der Waals surface area contributed by atoms with E-state index in [2.05, 4.69) is 20.9 Å². The quantitative estimate of drug-likeness (QED) is 0.510. The Balaban J connectivity index is 1.91. The number of nitrogens with zero attached hydrogens (tertiary/aromatic N) is 3. The molecule has 1 saturated heterocycles. The third kappa shape index (κ3) is 3.24. The molecule has 0 aromatic carbocycles. The molecule has 9 nitrogen and oxygen atoms in total. The maximum Gasteiger partial charge on any atom is 0.344 e. The maximum absolute atomic E-state index is 12.1.